The summed E-state index contributed by atoms with van der Waals surface area (Å²) in [5.41, 5.74) is 0. The highest BCUT2D eigenvalue weighted by atomic mass is 32.2. The molecule has 1 rings (SSSR count). The molecule has 1 unspecified atom stereocenters. The van der Waals surface area contributed by atoms with E-state index in [1.54, 1.807) is 6.07 Å². The lowest BCUT2D eigenvalue weighted by Gasteiger charge is -2.18. The number of sulfonamides is 1. The zero-order valence-corrected chi connectivity index (χ0v) is 11.0. The molecule has 0 aliphatic carbocycles. The van der Waals surface area contributed by atoms with Crippen LogP contribution < -0.4 is 0 Å². The fourth-order valence-corrected chi connectivity index (χ4v) is 2.80. The molecule has 0 heterocycles. The first-order valence-electron chi connectivity index (χ1n) is 5.20. The number of halogens is 3. The second kappa shape index (κ2) is 5.59. The second-order valence-corrected chi connectivity index (χ2v) is 6.00. The summed E-state index contributed by atoms with van der Waals surface area (Å²) in [6.07, 6.45) is 0. The third kappa shape index (κ3) is 3.24. The Kier molecular flexibility index (Phi) is 4.55. The van der Waals surface area contributed by atoms with E-state index in [1.807, 2.05) is 0 Å². The molecule has 1 atom stereocenters. The summed E-state index contributed by atoms with van der Waals surface area (Å²) >= 11 is 0. The molecular weight excluding hydrogens is 281 g/mol. The summed E-state index contributed by atoms with van der Waals surface area (Å²) in [5.74, 6) is -4.86. The van der Waals surface area contributed by atoms with Crippen molar-refractivity contribution in [1.82, 2.24) is 4.31 Å². The topological polar surface area (TPSA) is 61.2 Å². The molecule has 0 aromatic heterocycles. The van der Waals surface area contributed by atoms with Crippen molar-refractivity contribution in [2.24, 2.45) is 5.92 Å². The van der Waals surface area contributed by atoms with Crippen molar-refractivity contribution < 1.29 is 21.6 Å². The first-order valence-corrected chi connectivity index (χ1v) is 6.64. The molecular formula is C11H11F3N2O2S. The van der Waals surface area contributed by atoms with Gasteiger partial charge in [0.05, 0.1) is 12.0 Å². The van der Waals surface area contributed by atoms with E-state index < -0.39 is 38.3 Å². The van der Waals surface area contributed by atoms with Crippen LogP contribution in [0.1, 0.15) is 6.92 Å². The van der Waals surface area contributed by atoms with Gasteiger partial charge in [0.2, 0.25) is 10.0 Å². The Hall–Kier alpha value is -1.59. The lowest BCUT2D eigenvalue weighted by atomic mass is 10.2. The van der Waals surface area contributed by atoms with Gasteiger partial charge >= 0.3 is 0 Å². The smallest absolute Gasteiger partial charge is 0.207 e. The van der Waals surface area contributed by atoms with E-state index in [1.165, 1.54) is 6.92 Å². The minimum Gasteiger partial charge on any atom is -0.207 e. The molecule has 0 aliphatic rings. The first-order chi connectivity index (χ1) is 8.70. The van der Waals surface area contributed by atoms with Crippen molar-refractivity contribution in [3.8, 4) is 6.07 Å². The fourth-order valence-electron chi connectivity index (χ4n) is 1.46. The molecule has 0 bridgehead atoms. The summed E-state index contributed by atoms with van der Waals surface area (Å²) < 4.78 is 64.2. The van der Waals surface area contributed by atoms with Crippen LogP contribution in [0, 0.1) is 34.7 Å². The summed E-state index contributed by atoms with van der Waals surface area (Å²) in [4.78, 5) is -1.22. The van der Waals surface area contributed by atoms with E-state index in [9.17, 15) is 21.6 Å². The van der Waals surface area contributed by atoms with Crippen LogP contribution in [-0.4, -0.2) is 26.3 Å². The fraction of sp³-hybridized carbons (Fsp3) is 0.364. The number of hydrogen-bond acceptors (Lipinski definition) is 3. The first kappa shape index (κ1) is 15.5. The molecule has 0 fully saturated rings. The van der Waals surface area contributed by atoms with Crippen LogP contribution in [0.15, 0.2) is 17.0 Å². The van der Waals surface area contributed by atoms with Gasteiger partial charge in [-0.3, -0.25) is 0 Å². The van der Waals surface area contributed by atoms with Crippen LogP contribution >= 0.6 is 0 Å². The SMILES string of the molecule is CC(C#N)CN(C)S(=O)(=O)c1c(F)cc(F)cc1F. The number of nitrogens with zero attached hydrogens (tertiary/aromatic N) is 2. The molecule has 1 aromatic carbocycles. The van der Waals surface area contributed by atoms with Crippen LogP contribution in [0.5, 0.6) is 0 Å². The van der Waals surface area contributed by atoms with Crippen molar-refractivity contribution in [3.05, 3.63) is 29.6 Å². The van der Waals surface area contributed by atoms with Crippen LogP contribution in [0.25, 0.3) is 0 Å². The van der Waals surface area contributed by atoms with E-state index in [2.05, 4.69) is 0 Å². The summed E-state index contributed by atoms with van der Waals surface area (Å²) in [6.45, 7) is 1.23. The van der Waals surface area contributed by atoms with Gasteiger partial charge in [-0.1, -0.05) is 0 Å². The molecule has 1 aromatic rings. The van der Waals surface area contributed by atoms with Crippen molar-refractivity contribution in [2.75, 3.05) is 13.6 Å². The van der Waals surface area contributed by atoms with E-state index in [4.69, 9.17) is 5.26 Å². The molecule has 0 saturated heterocycles. The molecule has 4 nitrogen and oxygen atoms in total. The Morgan fingerprint density at radius 1 is 1.32 bits per heavy atom. The minimum absolute atomic E-state index is 0.227. The van der Waals surface area contributed by atoms with E-state index in [-0.39, 0.29) is 18.7 Å². The van der Waals surface area contributed by atoms with Crippen molar-refractivity contribution in [1.29, 1.82) is 5.26 Å². The van der Waals surface area contributed by atoms with E-state index in [0.717, 1.165) is 7.05 Å². The maximum absolute atomic E-state index is 13.4. The van der Waals surface area contributed by atoms with Crippen molar-refractivity contribution in [3.63, 3.8) is 0 Å². The number of benzene rings is 1. The maximum Gasteiger partial charge on any atom is 0.248 e. The monoisotopic (exact) mass is 292 g/mol. The van der Waals surface area contributed by atoms with Gasteiger partial charge in [-0.15, -0.1) is 0 Å². The zero-order valence-electron chi connectivity index (χ0n) is 10.2. The highest BCUT2D eigenvalue weighted by Gasteiger charge is 2.29. The molecule has 8 heteroatoms. The van der Waals surface area contributed by atoms with Gasteiger partial charge in [0.1, 0.15) is 17.5 Å². The number of nitriles is 1. The average molecular weight is 292 g/mol. The van der Waals surface area contributed by atoms with Gasteiger partial charge in [-0.05, 0) is 6.92 Å². The van der Waals surface area contributed by atoms with Crippen LogP contribution in [-0.2, 0) is 10.0 Å². The van der Waals surface area contributed by atoms with Crippen LogP contribution in [0.2, 0.25) is 0 Å². The predicted molar refractivity (Wildman–Crippen MR) is 60.9 cm³/mol. The number of rotatable bonds is 4. The normalized spacial score (nSPS) is 13.3. The van der Waals surface area contributed by atoms with Gasteiger partial charge in [0.25, 0.3) is 0 Å². The third-order valence-electron chi connectivity index (χ3n) is 2.38. The Morgan fingerprint density at radius 2 is 1.79 bits per heavy atom. The average Bonchev–Trinajstić information content (AvgIpc) is 2.26. The van der Waals surface area contributed by atoms with Gasteiger partial charge < -0.3 is 0 Å². The van der Waals surface area contributed by atoms with Crippen molar-refractivity contribution in [2.45, 2.75) is 11.8 Å². The van der Waals surface area contributed by atoms with Crippen LogP contribution in [0.4, 0.5) is 13.2 Å². The van der Waals surface area contributed by atoms with Crippen LogP contribution in [0.3, 0.4) is 0 Å². The lowest BCUT2D eigenvalue weighted by molar-refractivity contribution is 0.424. The zero-order chi connectivity index (χ0) is 14.8. The van der Waals surface area contributed by atoms with Gasteiger partial charge in [0.15, 0.2) is 4.90 Å². The molecule has 0 N–H and O–H groups in total. The molecule has 0 spiro atoms. The second-order valence-electron chi connectivity index (χ2n) is 4.01. The lowest BCUT2D eigenvalue weighted by Crippen LogP contribution is -2.32. The molecule has 0 amide bonds. The van der Waals surface area contributed by atoms with E-state index in [0.29, 0.717) is 4.31 Å². The molecule has 0 saturated carbocycles. The molecule has 104 valence electrons. The van der Waals surface area contributed by atoms with Crippen molar-refractivity contribution >= 4 is 10.0 Å². The molecule has 0 aliphatic heterocycles. The predicted octanol–water partition coefficient (Wildman–Crippen LogP) is 1.88. The Labute approximate surface area is 109 Å². The summed E-state index contributed by atoms with van der Waals surface area (Å²) in [6, 6.07) is 2.38. The quantitative estimate of drug-likeness (QED) is 0.851. The highest BCUT2D eigenvalue weighted by Crippen LogP contribution is 2.23. The van der Waals surface area contributed by atoms with Gasteiger partial charge in [-0.25, -0.2) is 21.6 Å². The van der Waals surface area contributed by atoms with Gasteiger partial charge in [0, 0.05) is 25.7 Å². The molecule has 0 radical (unpaired) electrons. The number of hydrogen-bond donors (Lipinski definition) is 0. The Balaban J connectivity index is 3.25. The molecule has 19 heavy (non-hydrogen) atoms. The largest absolute Gasteiger partial charge is 0.248 e. The maximum atomic E-state index is 13.4. The Morgan fingerprint density at radius 3 is 2.21 bits per heavy atom. The summed E-state index contributed by atoms with van der Waals surface area (Å²) in [7, 11) is -3.37. The third-order valence-corrected chi connectivity index (χ3v) is 4.26. The highest BCUT2D eigenvalue weighted by molar-refractivity contribution is 7.89. The van der Waals surface area contributed by atoms with E-state index >= 15 is 0 Å². The minimum atomic E-state index is -4.46. The Bertz CT molecular complexity index is 602. The standard InChI is InChI=1S/C11H11F3N2O2S/c1-7(5-15)6-16(2)19(17,18)11-9(13)3-8(12)4-10(11)14/h3-4,7H,6H2,1-2H3. The van der Waals surface area contributed by atoms with Gasteiger partial charge in [-0.2, -0.15) is 9.57 Å². The summed E-state index contributed by atoms with van der Waals surface area (Å²) in [5, 5.41) is 8.60.